The second kappa shape index (κ2) is 7.01. The average molecular weight is 329 g/mol. The summed E-state index contributed by atoms with van der Waals surface area (Å²) in [5.74, 6) is 0. The lowest BCUT2D eigenvalue weighted by atomic mass is 9.90. The Morgan fingerprint density at radius 3 is 1.83 bits per heavy atom. The molecular formula is C21H13ClN2. The van der Waals surface area contributed by atoms with Gasteiger partial charge < -0.3 is 0 Å². The molecule has 0 saturated carbocycles. The Hall–Kier alpha value is -3.07. The van der Waals surface area contributed by atoms with E-state index in [4.69, 9.17) is 11.6 Å². The fourth-order valence-corrected chi connectivity index (χ4v) is 3.09. The molecule has 2 nitrogen and oxygen atoms in total. The van der Waals surface area contributed by atoms with Crippen LogP contribution in [0.2, 0.25) is 5.02 Å². The molecule has 114 valence electrons. The topological polar surface area (TPSA) is 47.6 Å². The first-order chi connectivity index (χ1) is 11.8. The Bertz CT molecular complexity index is 949. The average Bonchev–Trinajstić information content (AvgIpc) is 2.64. The van der Waals surface area contributed by atoms with E-state index in [-0.39, 0.29) is 6.42 Å². The quantitative estimate of drug-likeness (QED) is 0.627. The van der Waals surface area contributed by atoms with Crippen LogP contribution >= 0.6 is 11.6 Å². The maximum Gasteiger partial charge on any atom is 0.101 e. The summed E-state index contributed by atoms with van der Waals surface area (Å²) in [4.78, 5) is 0. The van der Waals surface area contributed by atoms with E-state index in [9.17, 15) is 10.5 Å². The van der Waals surface area contributed by atoms with Crippen molar-refractivity contribution in [2.24, 2.45) is 0 Å². The van der Waals surface area contributed by atoms with Crippen molar-refractivity contribution in [1.29, 1.82) is 10.5 Å². The molecule has 24 heavy (non-hydrogen) atoms. The van der Waals surface area contributed by atoms with Gasteiger partial charge in [-0.2, -0.15) is 10.5 Å². The van der Waals surface area contributed by atoms with E-state index >= 15 is 0 Å². The van der Waals surface area contributed by atoms with Crippen LogP contribution in [0.15, 0.2) is 66.7 Å². The predicted octanol–water partition coefficient (Wildman–Crippen LogP) is 5.61. The van der Waals surface area contributed by atoms with Gasteiger partial charge >= 0.3 is 0 Å². The van der Waals surface area contributed by atoms with Crippen LogP contribution in [0.5, 0.6) is 0 Å². The molecule has 0 aliphatic heterocycles. The largest absolute Gasteiger partial charge is 0.198 e. The van der Waals surface area contributed by atoms with Crippen LogP contribution in [0, 0.1) is 22.7 Å². The zero-order chi connectivity index (χ0) is 16.9. The van der Waals surface area contributed by atoms with Crippen molar-refractivity contribution in [3.05, 3.63) is 82.9 Å². The summed E-state index contributed by atoms with van der Waals surface area (Å²) in [6.45, 7) is 0. The molecule has 3 aromatic rings. The Labute approximate surface area is 146 Å². The predicted molar refractivity (Wildman–Crippen MR) is 96.4 cm³/mol. The van der Waals surface area contributed by atoms with Gasteiger partial charge in [-0.25, -0.2) is 0 Å². The third-order valence-electron chi connectivity index (χ3n) is 3.90. The van der Waals surface area contributed by atoms with E-state index in [2.05, 4.69) is 12.1 Å². The van der Waals surface area contributed by atoms with Gasteiger partial charge in [0.05, 0.1) is 23.1 Å². The highest BCUT2D eigenvalue weighted by Crippen LogP contribution is 2.38. The van der Waals surface area contributed by atoms with Gasteiger partial charge in [-0.3, -0.25) is 0 Å². The monoisotopic (exact) mass is 328 g/mol. The molecule has 0 aliphatic rings. The maximum atomic E-state index is 9.60. The minimum absolute atomic E-state index is 0.160. The van der Waals surface area contributed by atoms with Crippen LogP contribution in [0.4, 0.5) is 0 Å². The zero-order valence-corrected chi connectivity index (χ0v) is 13.6. The Morgan fingerprint density at radius 2 is 1.33 bits per heavy atom. The van der Waals surface area contributed by atoms with Crippen LogP contribution in [-0.2, 0) is 6.42 Å². The number of hydrogen-bond acceptors (Lipinski definition) is 2. The summed E-state index contributed by atoms with van der Waals surface area (Å²) in [6.07, 6.45) is 0.160. The molecule has 0 bridgehead atoms. The Balaban J connectivity index is 2.35. The summed E-state index contributed by atoms with van der Waals surface area (Å²) in [5.41, 5.74) is 4.68. The molecule has 0 unspecified atom stereocenters. The van der Waals surface area contributed by atoms with Crippen molar-refractivity contribution in [3.8, 4) is 34.4 Å². The number of hydrogen-bond donors (Lipinski definition) is 0. The summed E-state index contributed by atoms with van der Waals surface area (Å²) in [6, 6.07) is 25.8. The third kappa shape index (κ3) is 2.88. The molecule has 3 rings (SSSR count). The summed E-state index contributed by atoms with van der Waals surface area (Å²) < 4.78 is 0. The minimum Gasteiger partial charge on any atom is -0.198 e. The lowest BCUT2D eigenvalue weighted by Gasteiger charge is -2.15. The molecule has 3 aromatic carbocycles. The number of rotatable bonds is 3. The number of halogens is 1. The summed E-state index contributed by atoms with van der Waals surface area (Å²) >= 11 is 6.52. The molecule has 0 amide bonds. The van der Waals surface area contributed by atoms with Crippen molar-refractivity contribution in [2.45, 2.75) is 6.42 Å². The molecule has 0 spiro atoms. The van der Waals surface area contributed by atoms with Crippen molar-refractivity contribution in [2.75, 3.05) is 0 Å². The molecule has 0 heterocycles. The number of benzene rings is 3. The highest BCUT2D eigenvalue weighted by Gasteiger charge is 2.18. The van der Waals surface area contributed by atoms with Gasteiger partial charge in [-0.1, -0.05) is 72.3 Å². The summed E-state index contributed by atoms with van der Waals surface area (Å²) in [5, 5.41) is 19.1. The standard InChI is InChI=1S/C21H13ClN2/c22-21-17(11-12-23)18(15-7-3-1-4-8-15)13-19(20(21)14-24)16-9-5-2-6-10-16/h1-10,13H,11H2. The van der Waals surface area contributed by atoms with Gasteiger partial charge in [0.25, 0.3) is 0 Å². The second-order valence-corrected chi connectivity index (χ2v) is 5.70. The van der Waals surface area contributed by atoms with E-state index in [0.29, 0.717) is 16.1 Å². The second-order valence-electron chi connectivity index (χ2n) is 5.32. The van der Waals surface area contributed by atoms with Gasteiger partial charge in [0.15, 0.2) is 0 Å². The molecular weight excluding hydrogens is 316 g/mol. The molecule has 0 N–H and O–H groups in total. The van der Waals surface area contributed by atoms with Crippen LogP contribution < -0.4 is 0 Å². The van der Waals surface area contributed by atoms with Gasteiger partial charge in [-0.15, -0.1) is 0 Å². The van der Waals surface area contributed by atoms with Gasteiger partial charge in [-0.05, 0) is 28.3 Å². The lowest BCUT2D eigenvalue weighted by molar-refractivity contribution is 1.26. The van der Waals surface area contributed by atoms with Crippen molar-refractivity contribution in [1.82, 2.24) is 0 Å². The molecule has 0 aliphatic carbocycles. The fourth-order valence-electron chi connectivity index (χ4n) is 2.77. The lowest BCUT2D eigenvalue weighted by Crippen LogP contribution is -1.97. The van der Waals surface area contributed by atoms with Crippen molar-refractivity contribution >= 4 is 11.6 Å². The minimum atomic E-state index is 0.160. The highest BCUT2D eigenvalue weighted by molar-refractivity contribution is 6.33. The third-order valence-corrected chi connectivity index (χ3v) is 4.32. The van der Waals surface area contributed by atoms with E-state index in [1.165, 1.54) is 0 Å². The van der Waals surface area contributed by atoms with Gasteiger partial charge in [0.2, 0.25) is 0 Å². The smallest absolute Gasteiger partial charge is 0.101 e. The SMILES string of the molecule is N#CCc1c(-c2ccccc2)cc(-c2ccccc2)c(C#N)c1Cl. The first kappa shape index (κ1) is 15.8. The van der Waals surface area contributed by atoms with E-state index in [1.54, 1.807) is 0 Å². The Kier molecular flexibility index (Phi) is 4.62. The fraction of sp³-hybridized carbons (Fsp3) is 0.0476. The van der Waals surface area contributed by atoms with Crippen molar-refractivity contribution < 1.29 is 0 Å². The van der Waals surface area contributed by atoms with E-state index in [0.717, 1.165) is 22.3 Å². The molecule has 3 heteroatoms. The molecule has 0 atom stereocenters. The van der Waals surface area contributed by atoms with Gasteiger partial charge in [0.1, 0.15) is 6.07 Å². The molecule has 0 fully saturated rings. The summed E-state index contributed by atoms with van der Waals surface area (Å²) in [7, 11) is 0. The van der Waals surface area contributed by atoms with Gasteiger partial charge in [0, 0.05) is 5.56 Å². The first-order valence-electron chi connectivity index (χ1n) is 7.49. The maximum absolute atomic E-state index is 9.60. The van der Waals surface area contributed by atoms with Crippen LogP contribution in [0.3, 0.4) is 0 Å². The molecule has 0 saturated heterocycles. The van der Waals surface area contributed by atoms with Crippen molar-refractivity contribution in [3.63, 3.8) is 0 Å². The molecule has 0 aromatic heterocycles. The first-order valence-corrected chi connectivity index (χ1v) is 7.87. The highest BCUT2D eigenvalue weighted by atomic mass is 35.5. The van der Waals surface area contributed by atoms with Crippen LogP contribution in [0.25, 0.3) is 22.3 Å². The van der Waals surface area contributed by atoms with Crippen LogP contribution in [-0.4, -0.2) is 0 Å². The zero-order valence-electron chi connectivity index (χ0n) is 12.8. The van der Waals surface area contributed by atoms with E-state index < -0.39 is 0 Å². The number of nitriles is 2. The van der Waals surface area contributed by atoms with Crippen LogP contribution in [0.1, 0.15) is 11.1 Å². The number of nitrogens with zero attached hydrogens (tertiary/aromatic N) is 2. The van der Waals surface area contributed by atoms with E-state index in [1.807, 2.05) is 66.7 Å². The molecule has 0 radical (unpaired) electrons. The normalized spacial score (nSPS) is 9.96. The Morgan fingerprint density at radius 1 is 0.792 bits per heavy atom.